The quantitative estimate of drug-likeness (QED) is 0.733. The smallest absolute Gasteiger partial charge is 0.265 e. The summed E-state index contributed by atoms with van der Waals surface area (Å²) in [6.07, 6.45) is -0.722. The van der Waals surface area contributed by atoms with Crippen LogP contribution in [0.2, 0.25) is 0 Å². The molecule has 2 aromatic carbocycles. The predicted octanol–water partition coefficient (Wildman–Crippen LogP) is 3.94. The molecule has 1 unspecified atom stereocenters. The molecule has 154 valence electrons. The monoisotopic (exact) mass is 460 g/mol. The number of hydrogen-bond acceptors (Lipinski definition) is 4. The highest BCUT2D eigenvalue weighted by Crippen LogP contribution is 2.28. The van der Waals surface area contributed by atoms with Crippen LogP contribution < -0.4 is 10.1 Å². The average Bonchev–Trinajstić information content (AvgIpc) is 2.71. The van der Waals surface area contributed by atoms with Crippen LogP contribution in [0.25, 0.3) is 0 Å². The zero-order valence-corrected chi connectivity index (χ0v) is 18.4. The molecule has 0 saturated carbocycles. The van der Waals surface area contributed by atoms with E-state index in [0.717, 1.165) is 15.6 Å². The van der Waals surface area contributed by atoms with Crippen LogP contribution in [0.3, 0.4) is 0 Å². The molecule has 1 atom stereocenters. The third-order valence-electron chi connectivity index (χ3n) is 4.80. The van der Waals surface area contributed by atoms with Gasteiger partial charge in [0.1, 0.15) is 5.75 Å². The predicted molar refractivity (Wildman–Crippen MR) is 116 cm³/mol. The standard InChI is InChI=1S/C22H25BrN2O4/c1-14-12-17(23)13-15(2)20(14)29-16(3)21(26)24-19-7-5-4-6-18(19)22(27)25-8-10-28-11-9-25/h4-7,12-13,16H,8-11H2,1-3H3,(H,24,26). The first-order chi connectivity index (χ1) is 13.9. The van der Waals surface area contributed by atoms with Crippen molar-refractivity contribution in [1.82, 2.24) is 4.90 Å². The van der Waals surface area contributed by atoms with Gasteiger partial charge in [0, 0.05) is 17.6 Å². The van der Waals surface area contributed by atoms with Gasteiger partial charge in [-0.2, -0.15) is 0 Å². The Kier molecular flexibility index (Phi) is 6.92. The number of para-hydroxylation sites is 1. The van der Waals surface area contributed by atoms with Gasteiger partial charge >= 0.3 is 0 Å². The van der Waals surface area contributed by atoms with Crippen molar-refractivity contribution in [3.05, 3.63) is 57.6 Å². The van der Waals surface area contributed by atoms with Crippen molar-refractivity contribution in [2.24, 2.45) is 0 Å². The largest absolute Gasteiger partial charge is 0.480 e. The molecule has 1 N–H and O–H groups in total. The van der Waals surface area contributed by atoms with Crippen LogP contribution in [0, 0.1) is 13.8 Å². The van der Waals surface area contributed by atoms with Crippen LogP contribution in [-0.4, -0.2) is 49.1 Å². The molecule has 0 aromatic heterocycles. The van der Waals surface area contributed by atoms with Crippen molar-refractivity contribution < 1.29 is 19.1 Å². The fraction of sp³-hybridized carbons (Fsp3) is 0.364. The third kappa shape index (κ3) is 5.16. The lowest BCUT2D eigenvalue weighted by atomic mass is 10.1. The zero-order valence-electron chi connectivity index (χ0n) is 16.8. The summed E-state index contributed by atoms with van der Waals surface area (Å²) in [5.74, 6) is 0.264. The number of nitrogens with zero attached hydrogens (tertiary/aromatic N) is 1. The molecule has 1 heterocycles. The first kappa shape index (κ1) is 21.3. The second-order valence-electron chi connectivity index (χ2n) is 7.07. The maximum absolute atomic E-state index is 12.9. The molecule has 3 rings (SSSR count). The number of hydrogen-bond donors (Lipinski definition) is 1. The van der Waals surface area contributed by atoms with Crippen LogP contribution in [0.4, 0.5) is 5.69 Å². The second kappa shape index (κ2) is 9.41. The number of aryl methyl sites for hydroxylation is 2. The molecule has 6 nitrogen and oxygen atoms in total. The Morgan fingerprint density at radius 3 is 2.41 bits per heavy atom. The van der Waals surface area contributed by atoms with Crippen molar-refractivity contribution in [1.29, 1.82) is 0 Å². The molecule has 1 aliphatic rings. The van der Waals surface area contributed by atoms with E-state index < -0.39 is 6.10 Å². The lowest BCUT2D eigenvalue weighted by Gasteiger charge is -2.27. The Labute approximate surface area is 179 Å². The van der Waals surface area contributed by atoms with Crippen molar-refractivity contribution in [2.45, 2.75) is 26.9 Å². The zero-order chi connectivity index (χ0) is 21.0. The summed E-state index contributed by atoms with van der Waals surface area (Å²) in [7, 11) is 0. The minimum Gasteiger partial charge on any atom is -0.480 e. The van der Waals surface area contributed by atoms with E-state index in [0.29, 0.717) is 43.3 Å². The number of morpholine rings is 1. The van der Waals surface area contributed by atoms with Gasteiger partial charge < -0.3 is 19.7 Å². The van der Waals surface area contributed by atoms with E-state index >= 15 is 0 Å². The molecule has 0 bridgehead atoms. The minimum atomic E-state index is -0.722. The van der Waals surface area contributed by atoms with E-state index in [1.807, 2.05) is 26.0 Å². The highest BCUT2D eigenvalue weighted by Gasteiger charge is 2.23. The summed E-state index contributed by atoms with van der Waals surface area (Å²) in [5.41, 5.74) is 2.83. The van der Waals surface area contributed by atoms with Gasteiger partial charge in [-0.05, 0) is 56.2 Å². The lowest BCUT2D eigenvalue weighted by molar-refractivity contribution is -0.122. The number of carbonyl (C=O) groups is 2. The van der Waals surface area contributed by atoms with Crippen LogP contribution >= 0.6 is 15.9 Å². The van der Waals surface area contributed by atoms with Crippen molar-refractivity contribution in [3.8, 4) is 5.75 Å². The molecular formula is C22H25BrN2O4. The fourth-order valence-corrected chi connectivity index (χ4v) is 3.95. The van der Waals surface area contributed by atoms with Crippen LogP contribution in [0.5, 0.6) is 5.75 Å². The number of amides is 2. The van der Waals surface area contributed by atoms with Gasteiger partial charge in [-0.15, -0.1) is 0 Å². The Morgan fingerprint density at radius 2 is 1.76 bits per heavy atom. The molecule has 7 heteroatoms. The SMILES string of the molecule is Cc1cc(Br)cc(C)c1OC(C)C(=O)Nc1ccccc1C(=O)N1CCOCC1. The van der Waals surface area contributed by atoms with Gasteiger partial charge in [0.15, 0.2) is 6.10 Å². The Morgan fingerprint density at radius 1 is 1.14 bits per heavy atom. The van der Waals surface area contributed by atoms with Crippen molar-refractivity contribution in [2.75, 3.05) is 31.6 Å². The highest BCUT2D eigenvalue weighted by atomic mass is 79.9. The minimum absolute atomic E-state index is 0.114. The number of ether oxygens (including phenoxy) is 2. The molecule has 2 amide bonds. The summed E-state index contributed by atoms with van der Waals surface area (Å²) in [5, 5.41) is 2.85. The van der Waals surface area contributed by atoms with Gasteiger partial charge in [0.05, 0.1) is 24.5 Å². The fourth-order valence-electron chi connectivity index (χ4n) is 3.26. The number of anilines is 1. The Bertz CT molecular complexity index is 886. The first-order valence-electron chi connectivity index (χ1n) is 9.57. The van der Waals surface area contributed by atoms with E-state index in [2.05, 4.69) is 21.2 Å². The van der Waals surface area contributed by atoms with Crippen molar-refractivity contribution in [3.63, 3.8) is 0 Å². The van der Waals surface area contributed by atoms with E-state index in [9.17, 15) is 9.59 Å². The topological polar surface area (TPSA) is 67.9 Å². The molecular weight excluding hydrogens is 436 g/mol. The summed E-state index contributed by atoms with van der Waals surface area (Å²) in [4.78, 5) is 27.4. The Hall–Kier alpha value is -2.38. The number of rotatable bonds is 5. The number of halogens is 1. The first-order valence-corrected chi connectivity index (χ1v) is 10.4. The maximum atomic E-state index is 12.9. The van der Waals surface area contributed by atoms with Gasteiger partial charge in [-0.25, -0.2) is 0 Å². The van der Waals surface area contributed by atoms with E-state index in [4.69, 9.17) is 9.47 Å². The molecule has 0 spiro atoms. The summed E-state index contributed by atoms with van der Waals surface area (Å²) in [6.45, 7) is 7.71. The average molecular weight is 461 g/mol. The van der Waals surface area contributed by atoms with E-state index in [1.165, 1.54) is 0 Å². The van der Waals surface area contributed by atoms with Crippen LogP contribution in [-0.2, 0) is 9.53 Å². The van der Waals surface area contributed by atoms with Crippen molar-refractivity contribution >= 4 is 33.4 Å². The molecule has 1 aliphatic heterocycles. The molecule has 0 radical (unpaired) electrons. The number of benzene rings is 2. The van der Waals surface area contributed by atoms with Gasteiger partial charge in [0.25, 0.3) is 11.8 Å². The van der Waals surface area contributed by atoms with E-state index in [-0.39, 0.29) is 11.8 Å². The number of carbonyl (C=O) groups excluding carboxylic acids is 2. The second-order valence-corrected chi connectivity index (χ2v) is 7.98. The molecule has 29 heavy (non-hydrogen) atoms. The van der Waals surface area contributed by atoms with Gasteiger partial charge in [0.2, 0.25) is 0 Å². The highest BCUT2D eigenvalue weighted by molar-refractivity contribution is 9.10. The van der Waals surface area contributed by atoms with Gasteiger partial charge in [-0.3, -0.25) is 9.59 Å². The molecule has 2 aromatic rings. The van der Waals surface area contributed by atoms with Crippen LogP contribution in [0.15, 0.2) is 40.9 Å². The lowest BCUT2D eigenvalue weighted by Crippen LogP contribution is -2.41. The Balaban J connectivity index is 1.73. The number of nitrogens with one attached hydrogen (secondary N) is 1. The molecule has 1 fully saturated rings. The normalized spacial score (nSPS) is 15.0. The van der Waals surface area contributed by atoms with Crippen LogP contribution in [0.1, 0.15) is 28.4 Å². The van der Waals surface area contributed by atoms with E-state index in [1.54, 1.807) is 36.1 Å². The summed E-state index contributed by atoms with van der Waals surface area (Å²) < 4.78 is 12.2. The summed E-state index contributed by atoms with van der Waals surface area (Å²) in [6, 6.07) is 10.9. The summed E-state index contributed by atoms with van der Waals surface area (Å²) >= 11 is 3.46. The molecule has 1 saturated heterocycles. The third-order valence-corrected chi connectivity index (χ3v) is 5.26. The maximum Gasteiger partial charge on any atom is 0.265 e. The van der Waals surface area contributed by atoms with Gasteiger partial charge in [-0.1, -0.05) is 28.1 Å². The molecule has 0 aliphatic carbocycles.